The molecule has 3 heterocycles. The van der Waals surface area contributed by atoms with Gasteiger partial charge in [0.15, 0.2) is 0 Å². The minimum Gasteiger partial charge on any atom is -0.506 e. The number of nitrogens with zero attached hydrogens (tertiary/aromatic N) is 7. The lowest BCUT2D eigenvalue weighted by Crippen LogP contribution is -2.24. The normalized spacial score (nSPS) is 12.2. The number of aliphatic imine (C=N–C) groups is 1. The largest absolute Gasteiger partial charge is 0.506 e. The van der Waals surface area contributed by atoms with Gasteiger partial charge in [0, 0.05) is 43.0 Å². The van der Waals surface area contributed by atoms with Gasteiger partial charge in [-0.2, -0.15) is 5.10 Å². The minimum absolute atomic E-state index is 0.0102. The number of aryl methyl sites for hydroxylation is 2. The highest BCUT2D eigenvalue weighted by atomic mass is 16.3. The summed E-state index contributed by atoms with van der Waals surface area (Å²) in [5, 5.41) is 31.7. The first-order valence-corrected chi connectivity index (χ1v) is 16.1. The summed E-state index contributed by atoms with van der Waals surface area (Å²) in [7, 11) is 0. The van der Waals surface area contributed by atoms with Gasteiger partial charge in [0.25, 0.3) is 11.8 Å². The lowest BCUT2D eigenvalue weighted by Gasteiger charge is -2.11. The number of amides is 4. The lowest BCUT2D eigenvalue weighted by atomic mass is 10.1. The molecular weight excluding hydrogens is 672 g/mol. The van der Waals surface area contributed by atoms with Gasteiger partial charge in [-0.15, -0.1) is 0 Å². The second-order valence-corrected chi connectivity index (χ2v) is 11.7. The number of phenolic OH excluding ortho intramolecular Hbond substituents is 2. The Bertz CT molecular complexity index is 2340. The third kappa shape index (κ3) is 7.44. The third-order valence-corrected chi connectivity index (χ3v) is 7.77. The van der Waals surface area contributed by atoms with Crippen molar-refractivity contribution >= 4 is 63.3 Å². The van der Waals surface area contributed by atoms with Crippen LogP contribution in [-0.4, -0.2) is 75.0 Å². The average molecular weight is 711 g/mol. The number of hydrogen-bond donors (Lipinski definition) is 7. The molecule has 10 N–H and O–H groups in total. The molecule has 0 saturated heterocycles. The van der Waals surface area contributed by atoms with E-state index in [2.05, 4.69) is 30.7 Å². The van der Waals surface area contributed by atoms with Crippen molar-refractivity contribution in [3.63, 3.8) is 0 Å². The maximum Gasteiger partial charge on any atom is 0.276 e. The van der Waals surface area contributed by atoms with Crippen LogP contribution in [0.5, 0.6) is 11.5 Å². The molecule has 18 heteroatoms. The van der Waals surface area contributed by atoms with Crippen LogP contribution >= 0.6 is 0 Å². The first kappa shape index (κ1) is 36.3. The van der Waals surface area contributed by atoms with E-state index < -0.39 is 23.6 Å². The molecule has 0 atom stereocenters. The van der Waals surface area contributed by atoms with Crippen molar-refractivity contribution in [1.29, 1.82) is 0 Å². The Balaban J connectivity index is 1.53. The zero-order valence-electron chi connectivity index (χ0n) is 28.8. The van der Waals surface area contributed by atoms with Gasteiger partial charge in [-0.25, -0.2) is 9.97 Å². The number of allylic oxidation sites excluding steroid dienone is 3. The molecule has 0 saturated carbocycles. The van der Waals surface area contributed by atoms with E-state index in [1.807, 2.05) is 6.92 Å². The van der Waals surface area contributed by atoms with Crippen LogP contribution in [0.1, 0.15) is 57.7 Å². The van der Waals surface area contributed by atoms with Gasteiger partial charge >= 0.3 is 0 Å². The fourth-order valence-corrected chi connectivity index (χ4v) is 5.55. The van der Waals surface area contributed by atoms with Gasteiger partial charge in [-0.1, -0.05) is 12.2 Å². The van der Waals surface area contributed by atoms with E-state index >= 15 is 0 Å². The number of benzene rings is 2. The first-order chi connectivity index (χ1) is 24.7. The minimum atomic E-state index is -0.783. The number of carbonyl (C=O) groups is 4. The van der Waals surface area contributed by atoms with E-state index in [4.69, 9.17) is 17.2 Å². The molecule has 0 unspecified atom stereocenters. The van der Waals surface area contributed by atoms with E-state index in [9.17, 15) is 29.4 Å². The molecule has 2 aromatic carbocycles. The van der Waals surface area contributed by atoms with Gasteiger partial charge in [0.2, 0.25) is 23.7 Å². The van der Waals surface area contributed by atoms with Crippen molar-refractivity contribution in [3.05, 3.63) is 76.8 Å². The number of rotatable bonds is 13. The molecule has 5 aromatic rings. The van der Waals surface area contributed by atoms with E-state index in [1.165, 1.54) is 39.5 Å². The summed E-state index contributed by atoms with van der Waals surface area (Å²) in [6.07, 6.45) is 4.79. The van der Waals surface area contributed by atoms with Crippen LogP contribution in [0.15, 0.2) is 59.2 Å². The Hall–Kier alpha value is -6.98. The molecule has 0 radical (unpaired) electrons. The van der Waals surface area contributed by atoms with Crippen LogP contribution in [0.2, 0.25) is 0 Å². The van der Waals surface area contributed by atoms with Crippen molar-refractivity contribution in [3.8, 4) is 11.5 Å². The Morgan fingerprint density at radius 1 is 0.827 bits per heavy atom. The fraction of sp³-hybridized carbons (Fsp3) is 0.235. The smallest absolute Gasteiger partial charge is 0.276 e. The lowest BCUT2D eigenvalue weighted by molar-refractivity contribution is -0.110. The molecule has 0 aliphatic rings. The van der Waals surface area contributed by atoms with Crippen molar-refractivity contribution in [2.24, 2.45) is 22.2 Å². The number of hydrogen-bond acceptors (Lipinski definition) is 11. The molecule has 18 nitrogen and oxygen atoms in total. The number of carbonyl (C=O) groups excluding carboxylic acids is 4. The molecule has 4 amide bonds. The van der Waals surface area contributed by atoms with Crippen LogP contribution in [-0.2, 0) is 24.4 Å². The van der Waals surface area contributed by atoms with Crippen LogP contribution in [0, 0.1) is 6.92 Å². The second-order valence-electron chi connectivity index (χ2n) is 11.7. The Morgan fingerprint density at radius 2 is 1.35 bits per heavy atom. The summed E-state index contributed by atoms with van der Waals surface area (Å²) >= 11 is 0. The number of phenols is 2. The summed E-state index contributed by atoms with van der Waals surface area (Å²) in [4.78, 5) is 63.6. The monoisotopic (exact) mass is 710 g/mol. The molecular formula is C34H38N12O6. The van der Waals surface area contributed by atoms with Crippen LogP contribution in [0.4, 0.5) is 11.9 Å². The zero-order chi connectivity index (χ0) is 37.9. The SMILES string of the molecule is CCN=C(/C=C(/C)N)C(=O)Nc1nc2cc(C(N)=O)cc(O)c2n1C/C=C/Cn1c(NC(=O)c2cc(C)nn2CC)nc2cc(C(N)=O)cc(O)c21. The summed E-state index contributed by atoms with van der Waals surface area (Å²) < 4.78 is 4.58. The standard InChI is InChI=1S/C34H38N12O6/c1-5-38-23(11-17(3)35)31(51)41-33-39-21-13-19(29(36)49)15-25(47)27(21)44(33)9-7-8-10-45-28-22(14-20(30(37)50)16-26(28)48)40-34(45)42-32(52)24-12-18(4)43-46(24)6-2/h7-8,11-16,47-48H,5-6,9-10,35H2,1-4H3,(H2,36,49)(H2,37,50)(H,39,41,51)(H,40,42,52)/b8-7+,17-11-,38-23?. The Labute approximate surface area is 296 Å². The van der Waals surface area contributed by atoms with Gasteiger partial charge in [-0.3, -0.25) is 39.5 Å². The molecule has 52 heavy (non-hydrogen) atoms. The Morgan fingerprint density at radius 3 is 1.81 bits per heavy atom. The number of aromatic hydroxyl groups is 2. The number of nitrogens with one attached hydrogen (secondary N) is 2. The predicted molar refractivity (Wildman–Crippen MR) is 194 cm³/mol. The molecule has 270 valence electrons. The number of anilines is 2. The molecule has 0 bridgehead atoms. The molecule has 0 aliphatic carbocycles. The zero-order valence-corrected chi connectivity index (χ0v) is 28.8. The molecule has 5 rings (SSSR count). The van der Waals surface area contributed by atoms with E-state index in [0.717, 1.165) is 0 Å². The van der Waals surface area contributed by atoms with Crippen LogP contribution in [0.25, 0.3) is 22.1 Å². The highest BCUT2D eigenvalue weighted by Gasteiger charge is 2.22. The first-order valence-electron chi connectivity index (χ1n) is 16.1. The van der Waals surface area contributed by atoms with Gasteiger partial charge in [0.05, 0.1) is 16.7 Å². The maximum atomic E-state index is 13.4. The fourth-order valence-electron chi connectivity index (χ4n) is 5.55. The number of aromatic nitrogens is 6. The number of nitrogens with two attached hydrogens (primary N) is 3. The number of fused-ring (bicyclic) bond motifs is 2. The highest BCUT2D eigenvalue weighted by molar-refractivity contribution is 6.47. The van der Waals surface area contributed by atoms with E-state index in [1.54, 1.807) is 43.7 Å². The summed E-state index contributed by atoms with van der Waals surface area (Å²) in [6.45, 7) is 7.80. The van der Waals surface area contributed by atoms with Gasteiger partial charge in [0.1, 0.15) is 33.9 Å². The summed E-state index contributed by atoms with van der Waals surface area (Å²) in [6, 6.07) is 6.83. The topological polar surface area (TPSA) is 277 Å². The quantitative estimate of drug-likeness (QED) is 0.0691. The molecule has 0 spiro atoms. The highest BCUT2D eigenvalue weighted by Crippen LogP contribution is 2.32. The average Bonchev–Trinajstić information content (AvgIpc) is 3.75. The van der Waals surface area contributed by atoms with Crippen molar-refractivity contribution in [1.82, 2.24) is 28.9 Å². The summed E-state index contributed by atoms with van der Waals surface area (Å²) in [5.74, 6) is -3.19. The van der Waals surface area contributed by atoms with E-state index in [-0.39, 0.29) is 75.4 Å². The third-order valence-electron chi connectivity index (χ3n) is 7.77. The predicted octanol–water partition coefficient (Wildman–Crippen LogP) is 2.29. The molecule has 0 fully saturated rings. The molecule has 0 aliphatic heterocycles. The van der Waals surface area contributed by atoms with Crippen LogP contribution < -0.4 is 27.8 Å². The second kappa shape index (κ2) is 14.9. The Kier molecular flexibility index (Phi) is 10.4. The van der Waals surface area contributed by atoms with Crippen LogP contribution in [0.3, 0.4) is 0 Å². The van der Waals surface area contributed by atoms with Crippen molar-refractivity contribution < 1.29 is 29.4 Å². The number of primary amides is 2. The van der Waals surface area contributed by atoms with Gasteiger partial charge in [-0.05, 0) is 64.1 Å². The molecule has 3 aromatic heterocycles. The van der Waals surface area contributed by atoms with Crippen molar-refractivity contribution in [2.75, 3.05) is 17.2 Å². The number of imidazole rings is 2. The maximum absolute atomic E-state index is 13.4. The van der Waals surface area contributed by atoms with Crippen molar-refractivity contribution in [2.45, 2.75) is 47.3 Å². The summed E-state index contributed by atoms with van der Waals surface area (Å²) in [5.41, 5.74) is 18.9. The van der Waals surface area contributed by atoms with Gasteiger partial charge < -0.3 is 36.5 Å². The van der Waals surface area contributed by atoms with E-state index in [0.29, 0.717) is 30.2 Å².